The molecule has 0 spiro atoms. The second-order valence-corrected chi connectivity index (χ2v) is 7.12. The van der Waals surface area contributed by atoms with Crippen molar-refractivity contribution < 1.29 is 4.79 Å². The van der Waals surface area contributed by atoms with Crippen LogP contribution in [0.3, 0.4) is 0 Å². The number of hydrogen-bond donors (Lipinski definition) is 1. The van der Waals surface area contributed by atoms with Crippen LogP contribution in [0.1, 0.15) is 32.0 Å². The number of carbonyl (C=O) groups excluding carboxylic acids is 1. The van der Waals surface area contributed by atoms with E-state index >= 15 is 0 Å². The first-order valence-corrected chi connectivity index (χ1v) is 9.13. The number of hydrogen-bond acceptors (Lipinski definition) is 2. The minimum absolute atomic E-state index is 0.116. The number of aromatic nitrogens is 2. The van der Waals surface area contributed by atoms with Crippen molar-refractivity contribution >= 4 is 5.91 Å². The standard InChI is InChI=1S/C22H23N3O/c1-15(2)25-14-18(13-19(25)26)22-23-20(16-9-5-3-6-10-16)21(24-22)17-11-7-4-8-12-17/h3-12,15,18H,13-14H2,1-2H3,(H,23,24)/t18-/m0/s1. The molecule has 1 fully saturated rings. The Balaban J connectivity index is 1.76. The third-order valence-electron chi connectivity index (χ3n) is 5.00. The topological polar surface area (TPSA) is 49.0 Å². The molecule has 0 saturated carbocycles. The van der Waals surface area contributed by atoms with Crippen LogP contribution in [0.5, 0.6) is 0 Å². The Labute approximate surface area is 153 Å². The Kier molecular flexibility index (Phi) is 4.33. The summed E-state index contributed by atoms with van der Waals surface area (Å²) < 4.78 is 0. The highest BCUT2D eigenvalue weighted by Crippen LogP contribution is 2.35. The zero-order valence-electron chi connectivity index (χ0n) is 15.1. The van der Waals surface area contributed by atoms with E-state index in [0.29, 0.717) is 6.42 Å². The fourth-order valence-electron chi connectivity index (χ4n) is 3.62. The number of nitrogens with one attached hydrogen (secondary N) is 1. The molecule has 0 radical (unpaired) electrons. The van der Waals surface area contributed by atoms with Crippen molar-refractivity contribution in [2.75, 3.05) is 6.54 Å². The van der Waals surface area contributed by atoms with Gasteiger partial charge in [-0.05, 0) is 13.8 Å². The van der Waals surface area contributed by atoms with Crippen LogP contribution in [-0.4, -0.2) is 33.4 Å². The van der Waals surface area contributed by atoms with Crippen molar-refractivity contribution in [1.29, 1.82) is 0 Å². The van der Waals surface area contributed by atoms with Gasteiger partial charge < -0.3 is 9.88 Å². The summed E-state index contributed by atoms with van der Waals surface area (Å²) in [6.45, 7) is 4.85. The molecule has 1 aliphatic heterocycles. The number of nitrogens with zero attached hydrogens (tertiary/aromatic N) is 2. The van der Waals surface area contributed by atoms with Gasteiger partial charge in [0, 0.05) is 36.1 Å². The lowest BCUT2D eigenvalue weighted by Crippen LogP contribution is -2.31. The summed E-state index contributed by atoms with van der Waals surface area (Å²) >= 11 is 0. The Morgan fingerprint density at radius 1 is 1.00 bits per heavy atom. The van der Waals surface area contributed by atoms with Crippen LogP contribution in [-0.2, 0) is 4.79 Å². The van der Waals surface area contributed by atoms with Crippen molar-refractivity contribution in [3.63, 3.8) is 0 Å². The van der Waals surface area contributed by atoms with Crippen LogP contribution >= 0.6 is 0 Å². The third kappa shape index (κ3) is 3.03. The summed E-state index contributed by atoms with van der Waals surface area (Å²) in [6.07, 6.45) is 0.522. The average Bonchev–Trinajstić information content (AvgIpc) is 3.27. The summed E-state index contributed by atoms with van der Waals surface area (Å²) in [4.78, 5) is 22.7. The largest absolute Gasteiger partial charge is 0.341 e. The minimum atomic E-state index is 0.116. The summed E-state index contributed by atoms with van der Waals surface area (Å²) in [5, 5.41) is 0. The first-order chi connectivity index (χ1) is 12.6. The number of aromatic amines is 1. The van der Waals surface area contributed by atoms with E-state index in [2.05, 4.69) is 43.1 Å². The second kappa shape index (κ2) is 6.79. The van der Waals surface area contributed by atoms with Gasteiger partial charge >= 0.3 is 0 Å². The molecule has 2 aromatic carbocycles. The van der Waals surface area contributed by atoms with Crippen LogP contribution < -0.4 is 0 Å². The lowest BCUT2D eigenvalue weighted by atomic mass is 10.1. The fourth-order valence-corrected chi connectivity index (χ4v) is 3.62. The highest BCUT2D eigenvalue weighted by atomic mass is 16.2. The van der Waals surface area contributed by atoms with Gasteiger partial charge in [-0.25, -0.2) is 4.98 Å². The highest BCUT2D eigenvalue weighted by molar-refractivity contribution is 5.81. The van der Waals surface area contributed by atoms with E-state index in [0.717, 1.165) is 34.9 Å². The van der Waals surface area contributed by atoms with Gasteiger partial charge in [-0.3, -0.25) is 4.79 Å². The number of H-pyrrole nitrogens is 1. The number of rotatable bonds is 4. The van der Waals surface area contributed by atoms with Crippen LogP contribution in [0.15, 0.2) is 60.7 Å². The molecule has 1 N–H and O–H groups in total. The summed E-state index contributed by atoms with van der Waals surface area (Å²) in [5.41, 5.74) is 4.15. The second-order valence-electron chi connectivity index (χ2n) is 7.12. The van der Waals surface area contributed by atoms with Crippen molar-refractivity contribution in [1.82, 2.24) is 14.9 Å². The van der Waals surface area contributed by atoms with Crippen molar-refractivity contribution in [3.8, 4) is 22.5 Å². The molecule has 3 aromatic rings. The molecule has 132 valence electrons. The van der Waals surface area contributed by atoms with E-state index in [1.807, 2.05) is 41.3 Å². The summed E-state index contributed by atoms with van der Waals surface area (Å²) in [6, 6.07) is 20.7. The molecule has 2 heterocycles. The molecule has 4 rings (SSSR count). The van der Waals surface area contributed by atoms with Crippen LogP contribution in [0, 0.1) is 0 Å². The zero-order valence-corrected chi connectivity index (χ0v) is 15.1. The highest BCUT2D eigenvalue weighted by Gasteiger charge is 2.34. The van der Waals surface area contributed by atoms with Gasteiger partial charge in [0.05, 0.1) is 11.4 Å². The Hall–Kier alpha value is -2.88. The maximum atomic E-state index is 12.3. The van der Waals surface area contributed by atoms with Crippen molar-refractivity contribution in [3.05, 3.63) is 66.5 Å². The summed E-state index contributed by atoms with van der Waals surface area (Å²) in [7, 11) is 0. The van der Waals surface area contributed by atoms with Gasteiger partial charge in [0.15, 0.2) is 0 Å². The van der Waals surface area contributed by atoms with Gasteiger partial charge in [0.2, 0.25) is 5.91 Å². The predicted octanol–water partition coefficient (Wildman–Crippen LogP) is 4.47. The molecule has 1 saturated heterocycles. The third-order valence-corrected chi connectivity index (χ3v) is 5.00. The summed E-state index contributed by atoms with van der Waals surface area (Å²) in [5.74, 6) is 1.23. The molecule has 0 aliphatic carbocycles. The molecular formula is C22H23N3O. The number of carbonyl (C=O) groups is 1. The van der Waals surface area contributed by atoms with Gasteiger partial charge in [-0.2, -0.15) is 0 Å². The first-order valence-electron chi connectivity index (χ1n) is 9.13. The Morgan fingerprint density at radius 3 is 2.19 bits per heavy atom. The van der Waals surface area contributed by atoms with E-state index in [4.69, 9.17) is 4.98 Å². The number of imidazole rings is 1. The molecule has 1 atom stereocenters. The van der Waals surface area contributed by atoms with Crippen LogP contribution in [0.2, 0.25) is 0 Å². The molecule has 1 aromatic heterocycles. The molecule has 1 amide bonds. The fraction of sp³-hybridized carbons (Fsp3) is 0.273. The maximum absolute atomic E-state index is 12.3. The maximum Gasteiger partial charge on any atom is 0.223 e. The van der Waals surface area contributed by atoms with E-state index in [9.17, 15) is 4.79 Å². The molecular weight excluding hydrogens is 322 g/mol. The quantitative estimate of drug-likeness (QED) is 0.758. The molecule has 26 heavy (non-hydrogen) atoms. The van der Waals surface area contributed by atoms with E-state index in [-0.39, 0.29) is 17.9 Å². The molecule has 0 unspecified atom stereocenters. The van der Waals surface area contributed by atoms with Crippen molar-refractivity contribution in [2.45, 2.75) is 32.2 Å². The lowest BCUT2D eigenvalue weighted by Gasteiger charge is -2.20. The van der Waals surface area contributed by atoms with E-state index in [1.165, 1.54) is 0 Å². The smallest absolute Gasteiger partial charge is 0.223 e. The van der Waals surface area contributed by atoms with Crippen molar-refractivity contribution in [2.24, 2.45) is 0 Å². The molecule has 4 heteroatoms. The predicted molar refractivity (Wildman–Crippen MR) is 104 cm³/mol. The Bertz CT molecular complexity index is 843. The van der Waals surface area contributed by atoms with Crippen LogP contribution in [0.25, 0.3) is 22.5 Å². The van der Waals surface area contributed by atoms with Gasteiger partial charge in [-0.1, -0.05) is 60.7 Å². The normalized spacial score (nSPS) is 17.3. The molecule has 0 bridgehead atoms. The van der Waals surface area contributed by atoms with E-state index in [1.54, 1.807) is 0 Å². The van der Waals surface area contributed by atoms with Gasteiger partial charge in [-0.15, -0.1) is 0 Å². The van der Waals surface area contributed by atoms with Crippen LogP contribution in [0.4, 0.5) is 0 Å². The Morgan fingerprint density at radius 2 is 1.62 bits per heavy atom. The zero-order chi connectivity index (χ0) is 18.1. The lowest BCUT2D eigenvalue weighted by molar-refractivity contribution is -0.129. The van der Waals surface area contributed by atoms with Gasteiger partial charge in [0.25, 0.3) is 0 Å². The monoisotopic (exact) mass is 345 g/mol. The van der Waals surface area contributed by atoms with E-state index < -0.39 is 0 Å². The minimum Gasteiger partial charge on any atom is -0.341 e. The number of benzene rings is 2. The molecule has 4 nitrogen and oxygen atoms in total. The first kappa shape index (κ1) is 16.6. The number of amides is 1. The average molecular weight is 345 g/mol. The molecule has 1 aliphatic rings. The van der Waals surface area contributed by atoms with Gasteiger partial charge in [0.1, 0.15) is 5.82 Å². The number of likely N-dealkylation sites (tertiary alicyclic amines) is 1. The SMILES string of the molecule is CC(C)N1C[C@@H](c2nc(-c3ccccc3)c(-c3ccccc3)[nH]2)CC1=O.